The molecule has 3 rings (SSSR count). The monoisotopic (exact) mass is 359 g/mol. The van der Waals surface area contributed by atoms with Crippen molar-refractivity contribution in [3.05, 3.63) is 29.8 Å². The summed E-state index contributed by atoms with van der Waals surface area (Å²) in [5, 5.41) is 15.7. The quantitative estimate of drug-likeness (QED) is 0.831. The lowest BCUT2D eigenvalue weighted by atomic mass is 9.78. The molecule has 0 spiro atoms. The molecule has 0 radical (unpaired) electrons. The molecule has 7 heteroatoms. The number of benzene rings is 1. The number of nitrogens with zero attached hydrogens (tertiary/aromatic N) is 4. The van der Waals surface area contributed by atoms with Crippen molar-refractivity contribution in [2.24, 2.45) is 11.8 Å². The molecule has 1 aliphatic rings. The van der Waals surface area contributed by atoms with Gasteiger partial charge in [-0.1, -0.05) is 56.7 Å². The summed E-state index contributed by atoms with van der Waals surface area (Å²) in [7, 11) is 0. The van der Waals surface area contributed by atoms with E-state index in [4.69, 9.17) is 0 Å². The Labute approximate surface area is 152 Å². The van der Waals surface area contributed by atoms with Crippen molar-refractivity contribution in [2.45, 2.75) is 51.2 Å². The lowest BCUT2D eigenvalue weighted by Gasteiger charge is -2.34. The highest BCUT2D eigenvalue weighted by molar-refractivity contribution is 7.99. The minimum absolute atomic E-state index is 0.0512. The molecule has 25 heavy (non-hydrogen) atoms. The Bertz CT molecular complexity index is 732. The number of para-hydroxylation sites is 1. The van der Waals surface area contributed by atoms with Gasteiger partial charge in [0, 0.05) is 6.04 Å². The van der Waals surface area contributed by atoms with Gasteiger partial charge in [0.05, 0.1) is 11.4 Å². The fourth-order valence-corrected chi connectivity index (χ4v) is 4.08. The molecular weight excluding hydrogens is 334 g/mol. The Morgan fingerprint density at radius 3 is 2.92 bits per heavy atom. The van der Waals surface area contributed by atoms with Crippen LogP contribution in [0.3, 0.4) is 0 Å². The van der Waals surface area contributed by atoms with Crippen LogP contribution in [0.5, 0.6) is 0 Å². The molecule has 2 aromatic rings. The second kappa shape index (κ2) is 7.99. The lowest BCUT2D eigenvalue weighted by Crippen LogP contribution is -2.44. The molecule has 1 aromatic heterocycles. The predicted molar refractivity (Wildman–Crippen MR) is 98.7 cm³/mol. The minimum Gasteiger partial charge on any atom is -0.352 e. The average Bonchev–Trinajstić information content (AvgIpc) is 3.06. The van der Waals surface area contributed by atoms with Gasteiger partial charge in [0.15, 0.2) is 0 Å². The SMILES string of the molecule is Cc1ccccc1-n1nnnc1SCC(=O)N[C@@H]1CCC[C@H](C)[C@@H]1C. The van der Waals surface area contributed by atoms with Crippen molar-refractivity contribution in [1.82, 2.24) is 25.5 Å². The van der Waals surface area contributed by atoms with Crippen LogP contribution in [0.2, 0.25) is 0 Å². The van der Waals surface area contributed by atoms with E-state index in [2.05, 4.69) is 34.7 Å². The number of nitrogens with one attached hydrogen (secondary N) is 1. The number of amides is 1. The molecule has 0 aliphatic heterocycles. The van der Waals surface area contributed by atoms with Crippen LogP contribution in [0.15, 0.2) is 29.4 Å². The van der Waals surface area contributed by atoms with Gasteiger partial charge in [-0.3, -0.25) is 4.79 Å². The summed E-state index contributed by atoms with van der Waals surface area (Å²) in [4.78, 5) is 12.4. The summed E-state index contributed by atoms with van der Waals surface area (Å²) in [6.45, 7) is 6.53. The van der Waals surface area contributed by atoms with Gasteiger partial charge >= 0.3 is 0 Å². The van der Waals surface area contributed by atoms with Crippen LogP contribution in [-0.4, -0.2) is 37.9 Å². The van der Waals surface area contributed by atoms with E-state index in [0.717, 1.165) is 17.7 Å². The van der Waals surface area contributed by atoms with E-state index in [1.165, 1.54) is 24.6 Å². The maximum Gasteiger partial charge on any atom is 0.230 e. The predicted octanol–water partition coefficient (Wildman–Crippen LogP) is 3.00. The Morgan fingerprint density at radius 1 is 1.32 bits per heavy atom. The minimum atomic E-state index is 0.0512. The van der Waals surface area contributed by atoms with Crippen LogP contribution in [0, 0.1) is 18.8 Å². The zero-order chi connectivity index (χ0) is 17.8. The highest BCUT2D eigenvalue weighted by atomic mass is 32.2. The van der Waals surface area contributed by atoms with Gasteiger partial charge in [0.1, 0.15) is 0 Å². The molecular formula is C18H25N5OS. The second-order valence-corrected chi connectivity index (χ2v) is 7.83. The van der Waals surface area contributed by atoms with Crippen molar-refractivity contribution in [3.63, 3.8) is 0 Å². The zero-order valence-electron chi connectivity index (χ0n) is 15.0. The lowest BCUT2D eigenvalue weighted by molar-refractivity contribution is -0.120. The van der Waals surface area contributed by atoms with Gasteiger partial charge in [-0.15, -0.1) is 5.10 Å². The Balaban J connectivity index is 1.60. The van der Waals surface area contributed by atoms with Crippen molar-refractivity contribution in [2.75, 3.05) is 5.75 Å². The van der Waals surface area contributed by atoms with Crippen molar-refractivity contribution in [1.29, 1.82) is 0 Å². The third kappa shape index (κ3) is 4.21. The molecule has 6 nitrogen and oxygen atoms in total. The number of aromatic nitrogens is 4. The number of rotatable bonds is 5. The van der Waals surface area contributed by atoms with E-state index in [1.807, 2.05) is 31.2 Å². The van der Waals surface area contributed by atoms with E-state index in [0.29, 0.717) is 22.7 Å². The molecule has 134 valence electrons. The average molecular weight is 359 g/mol. The third-order valence-corrected chi connectivity index (χ3v) is 6.09. The maximum absolute atomic E-state index is 12.4. The first-order chi connectivity index (χ1) is 12.1. The summed E-state index contributed by atoms with van der Waals surface area (Å²) >= 11 is 1.37. The summed E-state index contributed by atoms with van der Waals surface area (Å²) in [6.07, 6.45) is 3.52. The Hall–Kier alpha value is -1.89. The van der Waals surface area contributed by atoms with Gasteiger partial charge in [0.25, 0.3) is 0 Å². The van der Waals surface area contributed by atoms with Crippen molar-refractivity contribution < 1.29 is 4.79 Å². The van der Waals surface area contributed by atoms with E-state index in [9.17, 15) is 4.79 Å². The first kappa shape index (κ1) is 17.9. The molecule has 0 bridgehead atoms. The Kier molecular flexibility index (Phi) is 5.73. The fourth-order valence-electron chi connectivity index (χ4n) is 3.39. The number of carbonyl (C=O) groups is 1. The molecule has 3 atom stereocenters. The molecule has 1 aromatic carbocycles. The number of aryl methyl sites for hydroxylation is 1. The Morgan fingerprint density at radius 2 is 2.12 bits per heavy atom. The van der Waals surface area contributed by atoms with E-state index < -0.39 is 0 Å². The van der Waals surface area contributed by atoms with Crippen LogP contribution in [-0.2, 0) is 4.79 Å². The molecule has 1 aliphatic carbocycles. The summed E-state index contributed by atoms with van der Waals surface area (Å²) in [5.41, 5.74) is 2.02. The van der Waals surface area contributed by atoms with E-state index in [1.54, 1.807) is 4.68 Å². The van der Waals surface area contributed by atoms with E-state index >= 15 is 0 Å². The molecule has 1 fully saturated rings. The topological polar surface area (TPSA) is 72.7 Å². The fraction of sp³-hybridized carbons (Fsp3) is 0.556. The third-order valence-electron chi connectivity index (χ3n) is 5.17. The molecule has 0 unspecified atom stereocenters. The summed E-state index contributed by atoms with van der Waals surface area (Å²) < 4.78 is 1.69. The van der Waals surface area contributed by atoms with Crippen molar-refractivity contribution >= 4 is 17.7 Å². The van der Waals surface area contributed by atoms with Crippen molar-refractivity contribution in [3.8, 4) is 5.69 Å². The normalized spacial score (nSPS) is 23.4. The highest BCUT2D eigenvalue weighted by Crippen LogP contribution is 2.29. The molecule has 1 saturated carbocycles. The zero-order valence-corrected chi connectivity index (χ0v) is 15.8. The van der Waals surface area contributed by atoms with Crippen LogP contribution in [0.1, 0.15) is 38.7 Å². The highest BCUT2D eigenvalue weighted by Gasteiger charge is 2.28. The number of thioether (sulfide) groups is 1. The second-order valence-electron chi connectivity index (χ2n) is 6.89. The van der Waals surface area contributed by atoms with Gasteiger partial charge in [-0.25, -0.2) is 0 Å². The first-order valence-electron chi connectivity index (χ1n) is 8.83. The van der Waals surface area contributed by atoms with Gasteiger partial charge in [-0.05, 0) is 47.2 Å². The largest absolute Gasteiger partial charge is 0.352 e. The van der Waals surface area contributed by atoms with Crippen LogP contribution < -0.4 is 5.32 Å². The molecule has 1 heterocycles. The van der Waals surface area contributed by atoms with Gasteiger partial charge in [0.2, 0.25) is 11.1 Å². The first-order valence-corrected chi connectivity index (χ1v) is 9.81. The van der Waals surface area contributed by atoms with E-state index in [-0.39, 0.29) is 11.9 Å². The summed E-state index contributed by atoms with van der Waals surface area (Å²) in [5.74, 6) is 1.57. The smallest absolute Gasteiger partial charge is 0.230 e. The number of tetrazole rings is 1. The van der Waals surface area contributed by atoms with Crippen LogP contribution >= 0.6 is 11.8 Å². The van der Waals surface area contributed by atoms with Crippen LogP contribution in [0.25, 0.3) is 5.69 Å². The van der Waals surface area contributed by atoms with Gasteiger partial charge in [-0.2, -0.15) is 4.68 Å². The van der Waals surface area contributed by atoms with Gasteiger partial charge < -0.3 is 5.32 Å². The summed E-state index contributed by atoms with van der Waals surface area (Å²) in [6, 6.07) is 8.21. The number of hydrogen-bond acceptors (Lipinski definition) is 5. The van der Waals surface area contributed by atoms with Crippen LogP contribution in [0.4, 0.5) is 0 Å². The standard InChI is InChI=1S/C18H25N5OS/c1-12-8-6-9-15(14(12)3)19-17(24)11-25-18-20-21-22-23(18)16-10-5-4-7-13(16)2/h4-5,7,10,12,14-15H,6,8-9,11H2,1-3H3,(H,19,24)/t12-,14-,15+/m0/s1. The molecule has 0 saturated heterocycles. The molecule has 1 amide bonds. The number of carbonyl (C=O) groups excluding carboxylic acids is 1. The maximum atomic E-state index is 12.4. The molecule has 1 N–H and O–H groups in total. The number of hydrogen-bond donors (Lipinski definition) is 1.